The monoisotopic (exact) mass is 849 g/mol. The van der Waals surface area contributed by atoms with E-state index in [1.54, 1.807) is 17.6 Å². The van der Waals surface area contributed by atoms with E-state index in [9.17, 15) is 37.2 Å². The molecule has 17 nitrogen and oxygen atoms in total. The molecule has 2 fully saturated rings. The topological polar surface area (TPSA) is 231 Å². The lowest BCUT2D eigenvalue weighted by atomic mass is 9.96. The summed E-state index contributed by atoms with van der Waals surface area (Å²) in [5.41, 5.74) is 5.25. The highest BCUT2D eigenvalue weighted by Gasteiger charge is 2.52. The Morgan fingerprint density at radius 3 is 2.53 bits per heavy atom. The summed E-state index contributed by atoms with van der Waals surface area (Å²) < 4.78 is 24.3. The van der Waals surface area contributed by atoms with E-state index in [2.05, 4.69) is 36.6 Å². The smallest absolute Gasteiger partial charge is 0.255 e. The molecule has 6 amide bonds. The molecule has 1 atom stereocenters. The Morgan fingerprint density at radius 1 is 0.967 bits per heavy atom. The molecule has 0 bridgehead atoms. The molecule has 5 heterocycles. The van der Waals surface area contributed by atoms with Crippen molar-refractivity contribution in [2.45, 2.75) is 43.7 Å². The van der Waals surface area contributed by atoms with Gasteiger partial charge in [0, 0.05) is 66.8 Å². The van der Waals surface area contributed by atoms with E-state index in [0.29, 0.717) is 66.7 Å². The lowest BCUT2D eigenvalue weighted by Crippen LogP contribution is -2.52. The number of pyridine rings is 1. The van der Waals surface area contributed by atoms with E-state index < -0.39 is 39.2 Å². The van der Waals surface area contributed by atoms with Gasteiger partial charge >= 0.3 is 0 Å². The molecule has 5 aromatic rings. The molecule has 3 aromatic heterocycles. The molecule has 1 saturated heterocycles. The number of hydrogen-bond donors (Lipinski definition) is 5. The van der Waals surface area contributed by atoms with Gasteiger partial charge < -0.3 is 26.2 Å². The first kappa shape index (κ1) is 40.1. The third-order valence-electron chi connectivity index (χ3n) is 10.7. The summed E-state index contributed by atoms with van der Waals surface area (Å²) in [6.45, 7) is 0.704. The zero-order valence-corrected chi connectivity index (χ0v) is 33.8. The Kier molecular flexibility index (Phi) is 10.8. The zero-order chi connectivity index (χ0) is 42.2. The van der Waals surface area contributed by atoms with Crippen molar-refractivity contribution in [3.8, 4) is 22.4 Å². The van der Waals surface area contributed by atoms with E-state index in [1.165, 1.54) is 34.7 Å². The van der Waals surface area contributed by atoms with Crippen molar-refractivity contribution < 1.29 is 37.2 Å². The maximum absolute atomic E-state index is 13.5. The fourth-order valence-corrected chi connectivity index (χ4v) is 8.60. The number of aromatic nitrogens is 3. The zero-order valence-electron chi connectivity index (χ0n) is 32.2. The summed E-state index contributed by atoms with van der Waals surface area (Å²) in [6.07, 6.45) is 6.94. The highest BCUT2D eigenvalue weighted by Crippen LogP contribution is 2.48. The fourth-order valence-electron chi connectivity index (χ4n) is 7.28. The molecular formula is C41H39N9O8S2. The molecule has 19 heteroatoms. The van der Waals surface area contributed by atoms with Crippen molar-refractivity contribution >= 4 is 67.6 Å². The Hall–Kier alpha value is -6.73. The van der Waals surface area contributed by atoms with Crippen LogP contribution in [0.1, 0.15) is 57.7 Å². The third kappa shape index (κ3) is 8.39. The summed E-state index contributed by atoms with van der Waals surface area (Å²) in [7, 11) is -3.54. The predicted octanol–water partition coefficient (Wildman–Crippen LogP) is 2.87. The molecule has 3 aliphatic rings. The molecule has 2 aliphatic heterocycles. The van der Waals surface area contributed by atoms with Crippen LogP contribution in [0.5, 0.6) is 0 Å². The van der Waals surface area contributed by atoms with Crippen molar-refractivity contribution in [2.24, 2.45) is 0 Å². The number of nitrogens with zero attached hydrogens (tertiary/aromatic N) is 4. The molecule has 1 unspecified atom stereocenters. The molecule has 1 aliphatic carbocycles. The second-order valence-electron chi connectivity index (χ2n) is 14.8. The van der Waals surface area contributed by atoms with Gasteiger partial charge in [0.1, 0.15) is 6.04 Å². The Bertz CT molecular complexity index is 2690. The standard InChI is InChI=1S/C41H39N9O8S2/c1-60(57,58)49-16-10-28(21-49)36(53)45-20-35(52)48-40-46-31(23-59-40)26-4-2-3-24(17-26)25-9-13-43-33(18-25)41(11-12-41)39(56)44-15-14-42-29-6-5-27-22-50(38(55)30(27)19-29)32-7-8-34(51)47-37(32)54/h2-6,9-10,13,16-19,21,23,32,42H,7-8,11-12,14-15,20,22H2,1H3,(H,44,56)(H,45,53)(H,46,48,52)(H,47,51,54). The number of nitrogens with one attached hydrogen (secondary N) is 5. The lowest BCUT2D eigenvalue weighted by Gasteiger charge is -2.29. The molecule has 8 rings (SSSR count). The second kappa shape index (κ2) is 16.1. The Morgan fingerprint density at radius 2 is 1.77 bits per heavy atom. The number of imide groups is 1. The number of carbonyl (C=O) groups is 6. The van der Waals surface area contributed by atoms with Gasteiger partial charge in [-0.3, -0.25) is 43.0 Å². The van der Waals surface area contributed by atoms with Crippen LogP contribution in [0.3, 0.4) is 0 Å². The Labute approximate surface area is 348 Å². The number of amides is 6. The highest BCUT2D eigenvalue weighted by molar-refractivity contribution is 7.89. The van der Waals surface area contributed by atoms with Gasteiger partial charge in [-0.1, -0.05) is 24.3 Å². The average Bonchev–Trinajstić information content (AvgIpc) is 3.50. The molecule has 0 spiro atoms. The van der Waals surface area contributed by atoms with Gasteiger partial charge in [0.15, 0.2) is 5.13 Å². The van der Waals surface area contributed by atoms with E-state index in [1.807, 2.05) is 48.5 Å². The van der Waals surface area contributed by atoms with E-state index in [0.717, 1.165) is 32.5 Å². The van der Waals surface area contributed by atoms with Crippen LogP contribution in [0.25, 0.3) is 22.4 Å². The van der Waals surface area contributed by atoms with Gasteiger partial charge in [0.05, 0.1) is 35.2 Å². The van der Waals surface area contributed by atoms with Crippen molar-refractivity contribution in [3.05, 3.63) is 107 Å². The van der Waals surface area contributed by atoms with Crippen LogP contribution in [0.15, 0.2) is 84.6 Å². The van der Waals surface area contributed by atoms with E-state index in [-0.39, 0.29) is 36.3 Å². The van der Waals surface area contributed by atoms with Crippen LogP contribution in [0, 0.1) is 0 Å². The minimum Gasteiger partial charge on any atom is -0.383 e. The maximum Gasteiger partial charge on any atom is 0.255 e. The minimum atomic E-state index is -3.54. The SMILES string of the molecule is CS(=O)(=O)n1ccc(C(=O)NCC(=O)Nc2nc(-c3cccc(-c4ccnc(C5(C(=O)NCCNc6ccc7c(c6)C(=O)N(C6CCC(=O)NC6=O)C7)CC5)c4)c3)cs2)c1. The number of rotatable bonds is 14. The van der Waals surface area contributed by atoms with Crippen molar-refractivity contribution in [1.82, 2.24) is 34.8 Å². The molecule has 5 N–H and O–H groups in total. The number of piperidine rings is 1. The van der Waals surface area contributed by atoms with Gasteiger partial charge in [-0.05, 0) is 72.4 Å². The van der Waals surface area contributed by atoms with Gasteiger partial charge in [-0.15, -0.1) is 11.3 Å². The highest BCUT2D eigenvalue weighted by atomic mass is 32.2. The minimum absolute atomic E-state index is 0.100. The third-order valence-corrected chi connectivity index (χ3v) is 12.4. The van der Waals surface area contributed by atoms with Crippen LogP contribution in [0.2, 0.25) is 0 Å². The van der Waals surface area contributed by atoms with Crippen LogP contribution in [0.4, 0.5) is 10.8 Å². The average molecular weight is 850 g/mol. The number of fused-ring (bicyclic) bond motifs is 1. The maximum atomic E-state index is 13.5. The van der Waals surface area contributed by atoms with E-state index >= 15 is 0 Å². The van der Waals surface area contributed by atoms with Crippen molar-refractivity contribution in [2.75, 3.05) is 36.5 Å². The van der Waals surface area contributed by atoms with Gasteiger partial charge in [-0.2, -0.15) is 0 Å². The summed E-state index contributed by atoms with van der Waals surface area (Å²) in [5, 5.41) is 15.9. The van der Waals surface area contributed by atoms with Gasteiger partial charge in [-0.25, -0.2) is 13.4 Å². The molecule has 60 heavy (non-hydrogen) atoms. The lowest BCUT2D eigenvalue weighted by molar-refractivity contribution is -0.137. The van der Waals surface area contributed by atoms with Crippen LogP contribution < -0.4 is 26.6 Å². The molecular weight excluding hydrogens is 811 g/mol. The van der Waals surface area contributed by atoms with Gasteiger partial charge in [0.2, 0.25) is 33.7 Å². The summed E-state index contributed by atoms with van der Waals surface area (Å²) in [4.78, 5) is 86.4. The predicted molar refractivity (Wildman–Crippen MR) is 221 cm³/mol. The van der Waals surface area contributed by atoms with Crippen molar-refractivity contribution in [1.29, 1.82) is 0 Å². The number of hydrogen-bond acceptors (Lipinski definition) is 12. The molecule has 1 saturated carbocycles. The normalized spacial score (nSPS) is 16.8. The largest absolute Gasteiger partial charge is 0.383 e. The van der Waals surface area contributed by atoms with Crippen LogP contribution in [-0.4, -0.2) is 94.6 Å². The first-order chi connectivity index (χ1) is 28.8. The van der Waals surface area contributed by atoms with Crippen LogP contribution in [-0.2, 0) is 41.2 Å². The number of anilines is 2. The first-order valence-electron chi connectivity index (χ1n) is 19.1. The summed E-state index contributed by atoms with van der Waals surface area (Å²) in [6, 6.07) is 17.6. The number of thiazole rings is 1. The number of carbonyl (C=O) groups excluding carboxylic acids is 6. The van der Waals surface area contributed by atoms with E-state index in [4.69, 9.17) is 0 Å². The number of benzene rings is 2. The first-order valence-corrected chi connectivity index (χ1v) is 21.8. The van der Waals surface area contributed by atoms with Gasteiger partial charge in [0.25, 0.3) is 11.8 Å². The van der Waals surface area contributed by atoms with Crippen LogP contribution >= 0.6 is 11.3 Å². The fraction of sp³-hybridized carbons (Fsp3) is 0.268. The second-order valence-corrected chi connectivity index (χ2v) is 17.6. The molecule has 0 radical (unpaired) electrons. The molecule has 308 valence electrons. The van der Waals surface area contributed by atoms with Crippen molar-refractivity contribution in [3.63, 3.8) is 0 Å². The Balaban J connectivity index is 0.837. The summed E-state index contributed by atoms with van der Waals surface area (Å²) in [5.74, 6) is -2.25. The molecule has 2 aromatic carbocycles. The summed E-state index contributed by atoms with van der Waals surface area (Å²) >= 11 is 1.22. The quantitative estimate of drug-likeness (QED) is 0.0806.